The Morgan fingerprint density at radius 2 is 1.45 bits per heavy atom. The maximum atomic E-state index is 13.5. The van der Waals surface area contributed by atoms with Crippen molar-refractivity contribution >= 4 is 0 Å². The molecule has 0 amide bonds. The standard InChI is InChI=1S/C17H27F2N/c1-4-7-13(8-5-2)17(20-9-6-3)14-10-15(18)12-16(19)11-14/h10-13,17,20H,4-9H2,1-3H3. The lowest BCUT2D eigenvalue weighted by Crippen LogP contribution is -2.29. The SMILES string of the molecule is CCCNC(c1cc(F)cc(F)c1)C(CCC)CCC. The number of benzene rings is 1. The molecule has 0 fully saturated rings. The van der Waals surface area contributed by atoms with E-state index in [1.807, 2.05) is 0 Å². The van der Waals surface area contributed by atoms with Gasteiger partial charge in [-0.1, -0.05) is 33.6 Å². The Hall–Kier alpha value is -0.960. The van der Waals surface area contributed by atoms with Crippen molar-refractivity contribution in [2.24, 2.45) is 5.92 Å². The molecule has 1 aromatic rings. The van der Waals surface area contributed by atoms with Crippen LogP contribution in [0.15, 0.2) is 18.2 Å². The molecule has 20 heavy (non-hydrogen) atoms. The first-order valence-electron chi connectivity index (χ1n) is 7.81. The third-order valence-electron chi connectivity index (χ3n) is 3.65. The van der Waals surface area contributed by atoms with Crippen LogP contribution in [0.3, 0.4) is 0 Å². The lowest BCUT2D eigenvalue weighted by Gasteiger charge is -2.28. The minimum absolute atomic E-state index is 0.0417. The number of nitrogens with one attached hydrogen (secondary N) is 1. The van der Waals surface area contributed by atoms with E-state index in [1.54, 1.807) is 0 Å². The van der Waals surface area contributed by atoms with Crippen molar-refractivity contribution in [1.29, 1.82) is 0 Å². The van der Waals surface area contributed by atoms with Crippen molar-refractivity contribution in [2.75, 3.05) is 6.54 Å². The molecule has 0 aliphatic carbocycles. The van der Waals surface area contributed by atoms with Crippen LogP contribution in [0.5, 0.6) is 0 Å². The second-order valence-electron chi connectivity index (χ2n) is 5.47. The molecule has 1 nitrogen and oxygen atoms in total. The van der Waals surface area contributed by atoms with Gasteiger partial charge in [-0.3, -0.25) is 0 Å². The highest BCUT2D eigenvalue weighted by Crippen LogP contribution is 2.30. The summed E-state index contributed by atoms with van der Waals surface area (Å²) in [5.74, 6) is -0.553. The molecule has 0 aromatic heterocycles. The summed E-state index contributed by atoms with van der Waals surface area (Å²) in [4.78, 5) is 0. The van der Waals surface area contributed by atoms with Gasteiger partial charge in [-0.05, 0) is 49.4 Å². The summed E-state index contributed by atoms with van der Waals surface area (Å²) < 4.78 is 27.0. The predicted molar refractivity (Wildman–Crippen MR) is 80.7 cm³/mol. The fraction of sp³-hybridized carbons (Fsp3) is 0.647. The molecule has 0 heterocycles. The zero-order valence-electron chi connectivity index (χ0n) is 12.9. The zero-order chi connectivity index (χ0) is 15.0. The average molecular weight is 283 g/mol. The Labute approximate surface area is 121 Å². The van der Waals surface area contributed by atoms with Crippen LogP contribution in [-0.4, -0.2) is 6.54 Å². The van der Waals surface area contributed by atoms with E-state index in [0.29, 0.717) is 5.92 Å². The van der Waals surface area contributed by atoms with Crippen molar-refractivity contribution in [2.45, 2.75) is 58.9 Å². The predicted octanol–water partition coefficient (Wildman–Crippen LogP) is 5.22. The van der Waals surface area contributed by atoms with E-state index in [-0.39, 0.29) is 6.04 Å². The van der Waals surface area contributed by atoms with Crippen molar-refractivity contribution in [1.82, 2.24) is 5.32 Å². The third-order valence-corrected chi connectivity index (χ3v) is 3.65. The molecule has 1 aromatic carbocycles. The van der Waals surface area contributed by atoms with E-state index < -0.39 is 11.6 Å². The van der Waals surface area contributed by atoms with Crippen LogP contribution in [-0.2, 0) is 0 Å². The summed E-state index contributed by atoms with van der Waals surface area (Å²) >= 11 is 0. The molecule has 0 bridgehead atoms. The Bertz CT molecular complexity index is 366. The molecule has 1 unspecified atom stereocenters. The quantitative estimate of drug-likeness (QED) is 0.655. The molecular weight excluding hydrogens is 256 g/mol. The average Bonchev–Trinajstić information content (AvgIpc) is 2.38. The topological polar surface area (TPSA) is 12.0 Å². The van der Waals surface area contributed by atoms with Crippen molar-refractivity contribution < 1.29 is 8.78 Å². The maximum Gasteiger partial charge on any atom is 0.126 e. The first-order valence-corrected chi connectivity index (χ1v) is 7.81. The van der Waals surface area contributed by atoms with E-state index in [2.05, 4.69) is 26.1 Å². The minimum Gasteiger partial charge on any atom is -0.310 e. The van der Waals surface area contributed by atoms with Crippen LogP contribution >= 0.6 is 0 Å². The van der Waals surface area contributed by atoms with E-state index in [9.17, 15) is 8.78 Å². The van der Waals surface area contributed by atoms with E-state index in [1.165, 1.54) is 12.1 Å². The minimum atomic E-state index is -0.491. The Balaban J connectivity index is 3.01. The van der Waals surface area contributed by atoms with Crippen molar-refractivity contribution in [3.05, 3.63) is 35.4 Å². The van der Waals surface area contributed by atoms with Gasteiger partial charge in [0, 0.05) is 12.1 Å². The van der Waals surface area contributed by atoms with Crippen LogP contribution in [0.25, 0.3) is 0 Å². The monoisotopic (exact) mass is 283 g/mol. The van der Waals surface area contributed by atoms with Crippen LogP contribution in [0.1, 0.15) is 64.5 Å². The zero-order valence-corrected chi connectivity index (χ0v) is 12.9. The van der Waals surface area contributed by atoms with Gasteiger partial charge in [0.15, 0.2) is 0 Å². The summed E-state index contributed by atoms with van der Waals surface area (Å²) in [7, 11) is 0. The van der Waals surface area contributed by atoms with Crippen LogP contribution in [0.2, 0.25) is 0 Å². The lowest BCUT2D eigenvalue weighted by molar-refractivity contribution is 0.315. The molecule has 0 saturated carbocycles. The number of hydrogen-bond acceptors (Lipinski definition) is 1. The highest BCUT2D eigenvalue weighted by Gasteiger charge is 2.22. The van der Waals surface area contributed by atoms with E-state index in [0.717, 1.165) is 50.3 Å². The summed E-state index contributed by atoms with van der Waals surface area (Å²) in [6, 6.07) is 3.92. The fourth-order valence-electron chi connectivity index (χ4n) is 2.83. The first-order chi connectivity index (χ1) is 9.62. The molecule has 0 saturated heterocycles. The van der Waals surface area contributed by atoms with E-state index >= 15 is 0 Å². The fourth-order valence-corrected chi connectivity index (χ4v) is 2.83. The summed E-state index contributed by atoms with van der Waals surface area (Å²) in [6.07, 6.45) is 5.35. The largest absolute Gasteiger partial charge is 0.310 e. The van der Waals surface area contributed by atoms with Gasteiger partial charge >= 0.3 is 0 Å². The summed E-state index contributed by atoms with van der Waals surface area (Å²) in [5.41, 5.74) is 0.739. The molecule has 0 radical (unpaired) electrons. The molecule has 0 aliphatic heterocycles. The molecule has 1 rings (SSSR count). The van der Waals surface area contributed by atoms with Crippen LogP contribution in [0, 0.1) is 17.6 Å². The van der Waals surface area contributed by atoms with Gasteiger partial charge < -0.3 is 5.32 Å². The number of hydrogen-bond donors (Lipinski definition) is 1. The van der Waals surface area contributed by atoms with Gasteiger partial charge in [-0.25, -0.2) is 8.78 Å². The molecule has 1 atom stereocenters. The van der Waals surface area contributed by atoms with Crippen LogP contribution < -0.4 is 5.32 Å². The van der Waals surface area contributed by atoms with Gasteiger partial charge in [0.25, 0.3) is 0 Å². The Morgan fingerprint density at radius 1 is 0.900 bits per heavy atom. The second kappa shape index (κ2) is 9.06. The van der Waals surface area contributed by atoms with Gasteiger partial charge in [0.2, 0.25) is 0 Å². The summed E-state index contributed by atoms with van der Waals surface area (Å²) in [6.45, 7) is 7.29. The molecular formula is C17H27F2N. The van der Waals surface area contributed by atoms with Gasteiger partial charge in [0.05, 0.1) is 0 Å². The van der Waals surface area contributed by atoms with Crippen LogP contribution in [0.4, 0.5) is 8.78 Å². The lowest BCUT2D eigenvalue weighted by atomic mass is 9.86. The second-order valence-corrected chi connectivity index (χ2v) is 5.47. The number of rotatable bonds is 9. The van der Waals surface area contributed by atoms with Gasteiger partial charge in [-0.15, -0.1) is 0 Å². The Morgan fingerprint density at radius 3 is 1.90 bits per heavy atom. The highest BCUT2D eigenvalue weighted by molar-refractivity contribution is 5.22. The van der Waals surface area contributed by atoms with E-state index in [4.69, 9.17) is 0 Å². The molecule has 0 spiro atoms. The normalized spacial score (nSPS) is 12.9. The van der Waals surface area contributed by atoms with Crippen molar-refractivity contribution in [3.63, 3.8) is 0 Å². The Kier molecular flexibility index (Phi) is 7.75. The highest BCUT2D eigenvalue weighted by atomic mass is 19.1. The summed E-state index contributed by atoms with van der Waals surface area (Å²) in [5, 5.41) is 3.48. The first kappa shape index (κ1) is 17.1. The molecule has 1 N–H and O–H groups in total. The smallest absolute Gasteiger partial charge is 0.126 e. The molecule has 114 valence electrons. The molecule has 3 heteroatoms. The maximum absolute atomic E-state index is 13.5. The van der Waals surface area contributed by atoms with Crippen molar-refractivity contribution in [3.8, 4) is 0 Å². The third kappa shape index (κ3) is 5.20. The molecule has 0 aliphatic rings. The van der Waals surface area contributed by atoms with Gasteiger partial charge in [-0.2, -0.15) is 0 Å². The van der Waals surface area contributed by atoms with Gasteiger partial charge in [0.1, 0.15) is 11.6 Å². The number of halogens is 2.